The Morgan fingerprint density at radius 3 is 2.60 bits per heavy atom. The molecule has 1 aliphatic carbocycles. The second-order valence-corrected chi connectivity index (χ2v) is 5.79. The van der Waals surface area contributed by atoms with Gasteiger partial charge in [0.2, 0.25) is 0 Å². The maximum Gasteiger partial charge on any atom is 0.573 e. The van der Waals surface area contributed by atoms with Crippen molar-refractivity contribution in [2.45, 2.75) is 45.1 Å². The lowest BCUT2D eigenvalue weighted by Gasteiger charge is -2.41. The zero-order valence-corrected chi connectivity index (χ0v) is 11.6. The van der Waals surface area contributed by atoms with Crippen molar-refractivity contribution in [2.24, 2.45) is 11.8 Å². The standard InChI is InChI=1S/C15H19F3O2/c1-10-6-7-11(2)14(19,9-10)12-4-3-5-13(8-12)20-15(16,17)18/h3-5,8,10-11,19H,6-7,9H2,1-2H3. The van der Waals surface area contributed by atoms with Crippen LogP contribution in [0.5, 0.6) is 5.75 Å². The molecule has 1 saturated carbocycles. The molecule has 1 fully saturated rings. The summed E-state index contributed by atoms with van der Waals surface area (Å²) in [5.74, 6) is 0.0806. The molecular formula is C15H19F3O2. The smallest absolute Gasteiger partial charge is 0.406 e. The second-order valence-electron chi connectivity index (χ2n) is 5.79. The minimum absolute atomic E-state index is 0.0137. The van der Waals surface area contributed by atoms with Crippen LogP contribution in [0.1, 0.15) is 38.7 Å². The van der Waals surface area contributed by atoms with Gasteiger partial charge in [0.1, 0.15) is 5.75 Å². The van der Waals surface area contributed by atoms with Gasteiger partial charge in [-0.15, -0.1) is 13.2 Å². The van der Waals surface area contributed by atoms with E-state index in [4.69, 9.17) is 0 Å². The maximum absolute atomic E-state index is 12.3. The largest absolute Gasteiger partial charge is 0.573 e. The van der Waals surface area contributed by atoms with Gasteiger partial charge in [-0.3, -0.25) is 0 Å². The zero-order valence-electron chi connectivity index (χ0n) is 11.6. The van der Waals surface area contributed by atoms with Crippen LogP contribution in [0.25, 0.3) is 0 Å². The molecule has 0 bridgehead atoms. The first-order valence-electron chi connectivity index (χ1n) is 6.79. The van der Waals surface area contributed by atoms with Gasteiger partial charge in [0.05, 0.1) is 5.60 Å². The average molecular weight is 288 g/mol. The molecule has 0 spiro atoms. The molecule has 0 saturated heterocycles. The molecule has 3 atom stereocenters. The number of hydrogen-bond donors (Lipinski definition) is 1. The highest BCUT2D eigenvalue weighted by molar-refractivity contribution is 5.33. The predicted octanol–water partition coefficient (Wildman–Crippen LogP) is 4.23. The Kier molecular flexibility index (Phi) is 4.00. The number of benzene rings is 1. The highest BCUT2D eigenvalue weighted by Crippen LogP contribution is 2.44. The average Bonchev–Trinajstić information content (AvgIpc) is 2.32. The third-order valence-electron chi connectivity index (χ3n) is 4.13. The Balaban J connectivity index is 2.29. The molecule has 0 aromatic heterocycles. The molecule has 0 heterocycles. The number of hydrogen-bond acceptors (Lipinski definition) is 2. The van der Waals surface area contributed by atoms with Crippen LogP contribution in [0, 0.1) is 11.8 Å². The third kappa shape index (κ3) is 3.26. The van der Waals surface area contributed by atoms with Crippen LogP contribution < -0.4 is 4.74 Å². The molecular weight excluding hydrogens is 269 g/mol. The highest BCUT2D eigenvalue weighted by Gasteiger charge is 2.40. The molecule has 0 aliphatic heterocycles. The van der Waals surface area contributed by atoms with Gasteiger partial charge < -0.3 is 9.84 Å². The minimum atomic E-state index is -4.72. The van der Waals surface area contributed by atoms with Crippen molar-refractivity contribution >= 4 is 0 Å². The number of rotatable bonds is 2. The van der Waals surface area contributed by atoms with E-state index in [-0.39, 0.29) is 11.7 Å². The number of alkyl halides is 3. The first-order chi connectivity index (χ1) is 9.21. The Bertz CT molecular complexity index is 472. The van der Waals surface area contributed by atoms with Crippen LogP contribution in [0.3, 0.4) is 0 Å². The molecule has 3 unspecified atom stereocenters. The summed E-state index contributed by atoms with van der Waals surface area (Å²) in [6.45, 7) is 3.98. The van der Waals surface area contributed by atoms with Gasteiger partial charge in [0.15, 0.2) is 0 Å². The predicted molar refractivity (Wildman–Crippen MR) is 69.2 cm³/mol. The van der Waals surface area contributed by atoms with E-state index in [1.807, 2.05) is 13.8 Å². The van der Waals surface area contributed by atoms with Gasteiger partial charge in [-0.2, -0.15) is 0 Å². The molecule has 112 valence electrons. The molecule has 0 amide bonds. The molecule has 0 radical (unpaired) electrons. The van der Waals surface area contributed by atoms with Crippen LogP contribution in [0.4, 0.5) is 13.2 Å². The molecule has 1 N–H and O–H groups in total. The number of ether oxygens (including phenoxy) is 1. The summed E-state index contributed by atoms with van der Waals surface area (Å²) < 4.78 is 40.7. The van der Waals surface area contributed by atoms with Crippen LogP contribution in [0.15, 0.2) is 24.3 Å². The molecule has 5 heteroatoms. The summed E-state index contributed by atoms with van der Waals surface area (Å²) in [4.78, 5) is 0. The van der Waals surface area contributed by atoms with Gasteiger partial charge in [-0.25, -0.2) is 0 Å². The monoisotopic (exact) mass is 288 g/mol. The minimum Gasteiger partial charge on any atom is -0.406 e. The SMILES string of the molecule is CC1CCC(C)C(O)(c2cccc(OC(F)(F)F)c2)C1. The second kappa shape index (κ2) is 5.28. The normalized spacial score (nSPS) is 31.1. The Morgan fingerprint density at radius 2 is 1.95 bits per heavy atom. The fraction of sp³-hybridized carbons (Fsp3) is 0.600. The summed E-state index contributed by atoms with van der Waals surface area (Å²) in [7, 11) is 0. The van der Waals surface area contributed by atoms with E-state index in [2.05, 4.69) is 4.74 Å². The zero-order chi connectivity index (χ0) is 15.0. The molecule has 1 aromatic carbocycles. The molecule has 20 heavy (non-hydrogen) atoms. The maximum atomic E-state index is 12.3. The molecule has 1 aliphatic rings. The van der Waals surface area contributed by atoms with Crippen molar-refractivity contribution in [3.05, 3.63) is 29.8 Å². The lowest BCUT2D eigenvalue weighted by Crippen LogP contribution is -2.39. The molecule has 1 aromatic rings. The fourth-order valence-corrected chi connectivity index (χ4v) is 2.97. The summed E-state index contributed by atoms with van der Waals surface area (Å²) in [6, 6.07) is 5.69. The van der Waals surface area contributed by atoms with E-state index < -0.39 is 12.0 Å². The van der Waals surface area contributed by atoms with E-state index in [0.29, 0.717) is 17.9 Å². The lowest BCUT2D eigenvalue weighted by atomic mass is 9.69. The van der Waals surface area contributed by atoms with Crippen molar-refractivity contribution in [3.63, 3.8) is 0 Å². The van der Waals surface area contributed by atoms with Crippen LogP contribution in [-0.2, 0) is 5.60 Å². The fourth-order valence-electron chi connectivity index (χ4n) is 2.97. The number of halogens is 3. The first kappa shape index (κ1) is 15.2. The van der Waals surface area contributed by atoms with Gasteiger partial charge in [-0.1, -0.05) is 32.4 Å². The highest BCUT2D eigenvalue weighted by atomic mass is 19.4. The van der Waals surface area contributed by atoms with Gasteiger partial charge >= 0.3 is 6.36 Å². The third-order valence-corrected chi connectivity index (χ3v) is 4.13. The molecule has 2 nitrogen and oxygen atoms in total. The van der Waals surface area contributed by atoms with Crippen molar-refractivity contribution in [1.29, 1.82) is 0 Å². The van der Waals surface area contributed by atoms with Gasteiger partial charge in [0, 0.05) is 0 Å². The van der Waals surface area contributed by atoms with Crippen LogP contribution in [0.2, 0.25) is 0 Å². The molecule has 2 rings (SSSR count). The number of aliphatic hydroxyl groups is 1. The Labute approximate surface area is 116 Å². The topological polar surface area (TPSA) is 29.5 Å². The quantitative estimate of drug-likeness (QED) is 0.882. The van der Waals surface area contributed by atoms with Gasteiger partial charge in [-0.05, 0) is 42.4 Å². The van der Waals surface area contributed by atoms with Crippen molar-refractivity contribution in [2.75, 3.05) is 0 Å². The lowest BCUT2D eigenvalue weighted by molar-refractivity contribution is -0.274. The van der Waals surface area contributed by atoms with E-state index >= 15 is 0 Å². The van der Waals surface area contributed by atoms with E-state index in [1.54, 1.807) is 6.07 Å². The van der Waals surface area contributed by atoms with Crippen LogP contribution in [-0.4, -0.2) is 11.5 Å². The summed E-state index contributed by atoms with van der Waals surface area (Å²) in [5.41, 5.74) is -0.582. The van der Waals surface area contributed by atoms with E-state index in [1.165, 1.54) is 18.2 Å². The summed E-state index contributed by atoms with van der Waals surface area (Å²) in [5, 5.41) is 10.9. The van der Waals surface area contributed by atoms with Crippen molar-refractivity contribution in [1.82, 2.24) is 0 Å². The van der Waals surface area contributed by atoms with Crippen molar-refractivity contribution < 1.29 is 23.0 Å². The van der Waals surface area contributed by atoms with E-state index in [0.717, 1.165) is 12.8 Å². The summed E-state index contributed by atoms with van der Waals surface area (Å²) in [6.07, 6.45) is -2.26. The summed E-state index contributed by atoms with van der Waals surface area (Å²) >= 11 is 0. The Morgan fingerprint density at radius 1 is 1.25 bits per heavy atom. The first-order valence-corrected chi connectivity index (χ1v) is 6.79. The Hall–Kier alpha value is -1.23. The van der Waals surface area contributed by atoms with Crippen molar-refractivity contribution in [3.8, 4) is 5.75 Å². The van der Waals surface area contributed by atoms with E-state index in [9.17, 15) is 18.3 Å². The van der Waals surface area contributed by atoms with Crippen LogP contribution >= 0.6 is 0 Å². The van der Waals surface area contributed by atoms with Gasteiger partial charge in [0.25, 0.3) is 0 Å².